The fraction of sp³-hybridized carbons (Fsp3) is 0.533. The summed E-state index contributed by atoms with van der Waals surface area (Å²) in [5.74, 6) is -0.333. The summed E-state index contributed by atoms with van der Waals surface area (Å²) in [6.45, 7) is 3.93. The normalized spacial score (nSPS) is 14.0. The smallest absolute Gasteiger partial charge is 0.406 e. The van der Waals surface area contributed by atoms with Gasteiger partial charge in [-0.1, -0.05) is 19.1 Å². The molecule has 0 spiro atoms. The first-order valence-electron chi connectivity index (χ1n) is 7.21. The summed E-state index contributed by atoms with van der Waals surface area (Å²) < 4.78 is 39.9. The summed E-state index contributed by atoms with van der Waals surface area (Å²) in [5.41, 5.74) is 0.775. The van der Waals surface area contributed by atoms with Crippen LogP contribution < -0.4 is 15.4 Å². The van der Waals surface area contributed by atoms with Crippen molar-refractivity contribution >= 4 is 6.03 Å². The van der Waals surface area contributed by atoms with E-state index in [9.17, 15) is 18.0 Å². The first-order chi connectivity index (χ1) is 10.7. The van der Waals surface area contributed by atoms with Crippen LogP contribution in [-0.2, 0) is 6.42 Å². The van der Waals surface area contributed by atoms with E-state index in [1.54, 1.807) is 6.92 Å². The molecule has 8 heteroatoms. The zero-order chi connectivity index (χ0) is 17.5. The predicted octanol–water partition coefficient (Wildman–Crippen LogP) is 2.44. The molecule has 0 saturated carbocycles. The number of halogens is 3. The number of aliphatic hydroxyl groups is 1. The molecule has 0 fully saturated rings. The molecule has 1 rings (SSSR count). The summed E-state index contributed by atoms with van der Waals surface area (Å²) in [7, 11) is 0. The number of aliphatic hydroxyl groups excluding tert-OH is 1. The van der Waals surface area contributed by atoms with Crippen molar-refractivity contribution in [3.05, 3.63) is 29.8 Å². The lowest BCUT2D eigenvalue weighted by Crippen LogP contribution is -2.44. The fourth-order valence-electron chi connectivity index (χ4n) is 1.74. The highest BCUT2D eigenvalue weighted by molar-refractivity contribution is 5.74. The van der Waals surface area contributed by atoms with Gasteiger partial charge in [0.25, 0.3) is 0 Å². The van der Waals surface area contributed by atoms with E-state index in [2.05, 4.69) is 15.4 Å². The Balaban J connectivity index is 2.34. The zero-order valence-corrected chi connectivity index (χ0v) is 13.0. The number of nitrogens with one attached hydrogen (secondary N) is 2. The number of hydrogen-bond donors (Lipinski definition) is 3. The van der Waals surface area contributed by atoms with Gasteiger partial charge in [-0.15, -0.1) is 13.2 Å². The average molecular weight is 334 g/mol. The van der Waals surface area contributed by atoms with Crippen LogP contribution in [0.1, 0.15) is 19.4 Å². The number of rotatable bonds is 7. The number of carbonyl (C=O) groups is 1. The van der Waals surface area contributed by atoms with Crippen LogP contribution >= 0.6 is 0 Å². The minimum Gasteiger partial charge on any atom is -0.406 e. The molecule has 0 aromatic heterocycles. The van der Waals surface area contributed by atoms with Gasteiger partial charge in [0.15, 0.2) is 0 Å². The van der Waals surface area contributed by atoms with E-state index in [1.807, 2.05) is 6.92 Å². The van der Waals surface area contributed by atoms with E-state index in [1.165, 1.54) is 24.3 Å². The molecule has 2 amide bonds. The molecule has 0 radical (unpaired) electrons. The van der Waals surface area contributed by atoms with Crippen molar-refractivity contribution in [2.75, 3.05) is 13.2 Å². The lowest BCUT2D eigenvalue weighted by atomic mass is 10.1. The minimum absolute atomic E-state index is 0.0200. The van der Waals surface area contributed by atoms with E-state index < -0.39 is 6.36 Å². The van der Waals surface area contributed by atoms with Crippen molar-refractivity contribution in [1.82, 2.24) is 10.6 Å². The Morgan fingerprint density at radius 2 is 1.87 bits per heavy atom. The van der Waals surface area contributed by atoms with E-state index in [0.717, 1.165) is 5.56 Å². The molecule has 0 aliphatic rings. The first kappa shape index (κ1) is 19.1. The second-order valence-electron chi connectivity index (χ2n) is 5.29. The molecule has 3 N–H and O–H groups in total. The van der Waals surface area contributed by atoms with Gasteiger partial charge in [-0.05, 0) is 37.0 Å². The van der Waals surface area contributed by atoms with Gasteiger partial charge >= 0.3 is 12.4 Å². The van der Waals surface area contributed by atoms with E-state index in [0.29, 0.717) is 13.0 Å². The van der Waals surface area contributed by atoms with Gasteiger partial charge in [-0.3, -0.25) is 0 Å². The Bertz CT molecular complexity index is 492. The van der Waals surface area contributed by atoms with Crippen molar-refractivity contribution in [2.24, 2.45) is 5.92 Å². The van der Waals surface area contributed by atoms with Crippen LogP contribution in [0.25, 0.3) is 0 Å². The molecule has 130 valence electrons. The molecule has 2 atom stereocenters. The second kappa shape index (κ2) is 8.61. The summed E-state index contributed by atoms with van der Waals surface area (Å²) >= 11 is 0. The van der Waals surface area contributed by atoms with Gasteiger partial charge in [0.05, 0.1) is 0 Å². The fourth-order valence-corrected chi connectivity index (χ4v) is 1.74. The molecule has 2 unspecified atom stereocenters. The molecule has 0 bridgehead atoms. The highest BCUT2D eigenvalue weighted by Gasteiger charge is 2.30. The Morgan fingerprint density at radius 1 is 1.26 bits per heavy atom. The molecule has 0 saturated heterocycles. The summed E-state index contributed by atoms with van der Waals surface area (Å²) in [5, 5.41) is 14.3. The number of alkyl halides is 3. The number of hydrogen-bond acceptors (Lipinski definition) is 3. The maximum Gasteiger partial charge on any atom is 0.573 e. The predicted molar refractivity (Wildman–Crippen MR) is 79.1 cm³/mol. The maximum atomic E-state index is 12.0. The van der Waals surface area contributed by atoms with Crippen LogP contribution in [0.15, 0.2) is 24.3 Å². The van der Waals surface area contributed by atoms with Gasteiger partial charge in [0.2, 0.25) is 0 Å². The van der Waals surface area contributed by atoms with Gasteiger partial charge in [0, 0.05) is 19.2 Å². The molecule has 1 aromatic carbocycles. The van der Waals surface area contributed by atoms with Crippen LogP contribution in [-0.4, -0.2) is 36.7 Å². The number of urea groups is 1. The molecule has 5 nitrogen and oxygen atoms in total. The summed E-state index contributed by atoms with van der Waals surface area (Å²) in [6, 6.07) is 4.96. The molecule has 23 heavy (non-hydrogen) atoms. The lowest BCUT2D eigenvalue weighted by molar-refractivity contribution is -0.274. The Kier molecular flexibility index (Phi) is 7.15. The van der Waals surface area contributed by atoms with Crippen molar-refractivity contribution < 1.29 is 27.8 Å². The third-order valence-electron chi connectivity index (χ3n) is 3.36. The second-order valence-corrected chi connectivity index (χ2v) is 5.29. The standard InChI is InChI=1S/C15H21F3N2O3/c1-10(9-21)11(2)20-14(22)19-8-7-12-3-5-13(6-4-12)23-15(16,17)18/h3-6,10-11,21H,7-9H2,1-2H3,(H2,19,20,22). The molecule has 0 aliphatic heterocycles. The zero-order valence-electron chi connectivity index (χ0n) is 13.0. The number of ether oxygens (including phenoxy) is 1. The van der Waals surface area contributed by atoms with Crippen molar-refractivity contribution in [3.8, 4) is 5.75 Å². The van der Waals surface area contributed by atoms with Crippen molar-refractivity contribution in [2.45, 2.75) is 32.7 Å². The van der Waals surface area contributed by atoms with Crippen LogP contribution in [0.4, 0.5) is 18.0 Å². The summed E-state index contributed by atoms with van der Waals surface area (Å²) in [6.07, 6.45) is -4.23. The van der Waals surface area contributed by atoms with Crippen molar-refractivity contribution in [3.63, 3.8) is 0 Å². The quantitative estimate of drug-likeness (QED) is 0.717. The highest BCUT2D eigenvalue weighted by Crippen LogP contribution is 2.22. The van der Waals surface area contributed by atoms with Gasteiger partial charge < -0.3 is 20.5 Å². The van der Waals surface area contributed by atoms with Crippen molar-refractivity contribution in [1.29, 1.82) is 0 Å². The number of benzene rings is 1. The SMILES string of the molecule is CC(CO)C(C)NC(=O)NCCc1ccc(OC(F)(F)F)cc1. The van der Waals surface area contributed by atoms with Gasteiger partial charge in [0.1, 0.15) is 5.75 Å². The van der Waals surface area contributed by atoms with Gasteiger partial charge in [-0.25, -0.2) is 4.79 Å². The molecule has 1 aromatic rings. The topological polar surface area (TPSA) is 70.6 Å². The van der Waals surface area contributed by atoms with E-state index in [4.69, 9.17) is 5.11 Å². The minimum atomic E-state index is -4.70. The maximum absolute atomic E-state index is 12.0. The monoisotopic (exact) mass is 334 g/mol. The Hall–Kier alpha value is -1.96. The third-order valence-corrected chi connectivity index (χ3v) is 3.36. The molecule has 0 aliphatic carbocycles. The number of carbonyl (C=O) groups excluding carboxylic acids is 1. The Labute approximate surface area is 132 Å². The number of amides is 2. The van der Waals surface area contributed by atoms with Crippen LogP contribution in [0, 0.1) is 5.92 Å². The molecular formula is C15H21F3N2O3. The van der Waals surface area contributed by atoms with Crippen LogP contribution in [0.5, 0.6) is 5.75 Å². The molecular weight excluding hydrogens is 313 g/mol. The third kappa shape index (κ3) is 7.73. The largest absolute Gasteiger partial charge is 0.573 e. The van der Waals surface area contributed by atoms with Gasteiger partial charge in [-0.2, -0.15) is 0 Å². The highest BCUT2D eigenvalue weighted by atomic mass is 19.4. The van der Waals surface area contributed by atoms with E-state index >= 15 is 0 Å². The van der Waals surface area contributed by atoms with E-state index in [-0.39, 0.29) is 30.3 Å². The molecule has 0 heterocycles. The van der Waals surface area contributed by atoms with Crippen LogP contribution in [0.3, 0.4) is 0 Å². The average Bonchev–Trinajstić information content (AvgIpc) is 2.46. The first-order valence-corrected chi connectivity index (χ1v) is 7.21. The van der Waals surface area contributed by atoms with Crippen LogP contribution in [0.2, 0.25) is 0 Å². The lowest BCUT2D eigenvalue weighted by Gasteiger charge is -2.19. The summed E-state index contributed by atoms with van der Waals surface area (Å²) in [4.78, 5) is 11.6. The Morgan fingerprint density at radius 3 is 2.39 bits per heavy atom.